The number of hydrogen-bond acceptors (Lipinski definition) is 1. The molecule has 5 heteroatoms. The normalized spacial score (nSPS) is 10.1. The second-order valence-corrected chi connectivity index (χ2v) is 5.77. The fourth-order valence-electron chi connectivity index (χ4n) is 1.04. The lowest BCUT2D eigenvalue weighted by Gasteiger charge is -2.06. The molecule has 0 aliphatic rings. The molecule has 0 aliphatic carbocycles. The highest BCUT2D eigenvalue weighted by Crippen LogP contribution is 2.21. The van der Waals surface area contributed by atoms with Gasteiger partial charge < -0.3 is 5.32 Å². The van der Waals surface area contributed by atoms with Gasteiger partial charge in [0.25, 0.3) is 5.91 Å². The molecule has 1 rings (SSSR count). The standard InChI is InChI=1S/C10H10Br2INO/c11-7-2-3-9(12)8(6-7)10(15)14-5-1-4-13/h2-3,6H,1,4-5H2,(H,14,15). The van der Waals surface area contributed by atoms with Crippen molar-refractivity contribution >= 4 is 60.4 Å². The largest absolute Gasteiger partial charge is 0.352 e. The van der Waals surface area contributed by atoms with Gasteiger partial charge in [-0.2, -0.15) is 0 Å². The van der Waals surface area contributed by atoms with Crippen molar-refractivity contribution in [2.24, 2.45) is 0 Å². The van der Waals surface area contributed by atoms with E-state index in [0.29, 0.717) is 5.56 Å². The van der Waals surface area contributed by atoms with Crippen molar-refractivity contribution in [3.63, 3.8) is 0 Å². The van der Waals surface area contributed by atoms with E-state index in [1.54, 1.807) is 0 Å². The molecule has 0 radical (unpaired) electrons. The zero-order valence-corrected chi connectivity index (χ0v) is 13.2. The van der Waals surface area contributed by atoms with Crippen LogP contribution in [-0.4, -0.2) is 16.9 Å². The first-order valence-electron chi connectivity index (χ1n) is 4.44. The van der Waals surface area contributed by atoms with Gasteiger partial charge in [0, 0.05) is 19.9 Å². The van der Waals surface area contributed by atoms with Crippen molar-refractivity contribution in [1.82, 2.24) is 5.32 Å². The molecule has 0 heterocycles. The first-order chi connectivity index (χ1) is 7.15. The minimum Gasteiger partial charge on any atom is -0.352 e. The summed E-state index contributed by atoms with van der Waals surface area (Å²) in [6.45, 7) is 0.723. The number of benzene rings is 1. The SMILES string of the molecule is O=C(NCCCI)c1cc(Br)ccc1Br. The van der Waals surface area contributed by atoms with E-state index in [4.69, 9.17) is 0 Å². The number of alkyl halides is 1. The second kappa shape index (κ2) is 6.85. The summed E-state index contributed by atoms with van der Waals surface area (Å²) in [4.78, 5) is 11.7. The first-order valence-corrected chi connectivity index (χ1v) is 7.55. The molecule has 0 atom stereocenters. The molecule has 15 heavy (non-hydrogen) atoms. The van der Waals surface area contributed by atoms with Gasteiger partial charge >= 0.3 is 0 Å². The van der Waals surface area contributed by atoms with Crippen molar-refractivity contribution in [1.29, 1.82) is 0 Å². The molecule has 1 N–H and O–H groups in total. The van der Waals surface area contributed by atoms with Gasteiger partial charge in [0.1, 0.15) is 0 Å². The van der Waals surface area contributed by atoms with Crippen molar-refractivity contribution in [2.45, 2.75) is 6.42 Å². The first kappa shape index (κ1) is 13.4. The Balaban J connectivity index is 2.68. The van der Waals surface area contributed by atoms with Crippen molar-refractivity contribution < 1.29 is 4.79 Å². The summed E-state index contributed by atoms with van der Waals surface area (Å²) < 4.78 is 2.78. The summed E-state index contributed by atoms with van der Waals surface area (Å²) in [6, 6.07) is 5.56. The number of carbonyl (C=O) groups is 1. The zero-order valence-electron chi connectivity index (χ0n) is 7.90. The number of hydrogen-bond donors (Lipinski definition) is 1. The van der Waals surface area contributed by atoms with Gasteiger partial charge in [-0.25, -0.2) is 0 Å². The van der Waals surface area contributed by atoms with Crippen LogP contribution in [0.1, 0.15) is 16.8 Å². The average molecular weight is 447 g/mol. The molecular weight excluding hydrogens is 437 g/mol. The van der Waals surface area contributed by atoms with Crippen LogP contribution in [0.5, 0.6) is 0 Å². The summed E-state index contributed by atoms with van der Waals surface area (Å²) in [5, 5.41) is 2.87. The lowest BCUT2D eigenvalue weighted by molar-refractivity contribution is 0.0953. The van der Waals surface area contributed by atoms with Gasteiger partial charge in [-0.15, -0.1) is 0 Å². The van der Waals surface area contributed by atoms with Gasteiger partial charge in [-0.3, -0.25) is 4.79 Å². The van der Waals surface area contributed by atoms with Gasteiger partial charge in [0.05, 0.1) is 5.56 Å². The highest BCUT2D eigenvalue weighted by molar-refractivity contribution is 14.1. The van der Waals surface area contributed by atoms with Gasteiger partial charge in [0.15, 0.2) is 0 Å². The van der Waals surface area contributed by atoms with Crippen LogP contribution in [0, 0.1) is 0 Å². The fourth-order valence-corrected chi connectivity index (χ4v) is 2.20. The Morgan fingerprint density at radius 2 is 2.13 bits per heavy atom. The molecule has 82 valence electrons. The van der Waals surface area contributed by atoms with Crippen LogP contribution in [0.4, 0.5) is 0 Å². The summed E-state index contributed by atoms with van der Waals surface area (Å²) >= 11 is 8.99. The number of halogens is 3. The van der Waals surface area contributed by atoms with Gasteiger partial charge in [0.2, 0.25) is 0 Å². The van der Waals surface area contributed by atoms with E-state index < -0.39 is 0 Å². The van der Waals surface area contributed by atoms with Crippen LogP contribution in [0.25, 0.3) is 0 Å². The van der Waals surface area contributed by atoms with Gasteiger partial charge in [-0.1, -0.05) is 38.5 Å². The molecule has 0 saturated heterocycles. The summed E-state index contributed by atoms with van der Waals surface area (Å²) in [7, 11) is 0. The molecule has 0 saturated carbocycles. The maximum atomic E-state index is 11.7. The highest BCUT2D eigenvalue weighted by Gasteiger charge is 2.09. The van der Waals surface area contributed by atoms with Crippen LogP contribution < -0.4 is 5.32 Å². The number of rotatable bonds is 4. The van der Waals surface area contributed by atoms with Crippen LogP contribution in [0.3, 0.4) is 0 Å². The molecule has 1 amide bonds. The van der Waals surface area contributed by atoms with Crippen molar-refractivity contribution in [3.05, 3.63) is 32.7 Å². The minimum absolute atomic E-state index is 0.0342. The molecule has 0 unspecified atom stereocenters. The van der Waals surface area contributed by atoms with Crippen LogP contribution >= 0.6 is 54.5 Å². The quantitative estimate of drug-likeness (QED) is 0.426. The number of nitrogens with one attached hydrogen (secondary N) is 1. The Bertz CT molecular complexity index is 357. The predicted molar refractivity (Wildman–Crippen MR) is 77.7 cm³/mol. The van der Waals surface area contributed by atoms with Crippen molar-refractivity contribution in [3.8, 4) is 0 Å². The van der Waals surface area contributed by atoms with Crippen molar-refractivity contribution in [2.75, 3.05) is 11.0 Å². The smallest absolute Gasteiger partial charge is 0.252 e. The Kier molecular flexibility index (Phi) is 6.14. The predicted octanol–water partition coefficient (Wildman–Crippen LogP) is 3.77. The molecule has 2 nitrogen and oxygen atoms in total. The van der Waals surface area contributed by atoms with E-state index in [1.165, 1.54) is 0 Å². The number of carbonyl (C=O) groups excluding carboxylic acids is 1. The van der Waals surface area contributed by atoms with E-state index in [-0.39, 0.29) is 5.91 Å². The van der Waals surface area contributed by atoms with E-state index in [0.717, 1.165) is 26.3 Å². The maximum Gasteiger partial charge on any atom is 0.252 e. The van der Waals surface area contributed by atoms with Crippen LogP contribution in [0.2, 0.25) is 0 Å². The monoisotopic (exact) mass is 445 g/mol. The third kappa shape index (κ3) is 4.40. The Hall–Kier alpha value is 0.380. The van der Waals surface area contributed by atoms with Crippen LogP contribution in [-0.2, 0) is 0 Å². The summed E-state index contributed by atoms with van der Waals surface area (Å²) in [5.74, 6) is -0.0342. The number of amides is 1. The van der Waals surface area contributed by atoms with Crippen LogP contribution in [0.15, 0.2) is 27.1 Å². The molecule has 0 aliphatic heterocycles. The van der Waals surface area contributed by atoms with E-state index in [9.17, 15) is 4.79 Å². The molecule has 1 aromatic carbocycles. The van der Waals surface area contributed by atoms with E-state index in [2.05, 4.69) is 59.8 Å². The van der Waals surface area contributed by atoms with Gasteiger partial charge in [-0.05, 0) is 40.5 Å². The summed E-state index contributed by atoms with van der Waals surface area (Å²) in [5.41, 5.74) is 0.665. The fraction of sp³-hybridized carbons (Fsp3) is 0.300. The minimum atomic E-state index is -0.0342. The molecule has 0 bridgehead atoms. The topological polar surface area (TPSA) is 29.1 Å². The average Bonchev–Trinajstić information content (AvgIpc) is 2.22. The lowest BCUT2D eigenvalue weighted by atomic mass is 10.2. The highest BCUT2D eigenvalue weighted by atomic mass is 127. The third-order valence-electron chi connectivity index (χ3n) is 1.77. The van der Waals surface area contributed by atoms with E-state index >= 15 is 0 Å². The second-order valence-electron chi connectivity index (χ2n) is 2.92. The third-order valence-corrected chi connectivity index (χ3v) is 3.72. The Morgan fingerprint density at radius 1 is 1.40 bits per heavy atom. The molecule has 1 aromatic rings. The molecule has 0 spiro atoms. The molecular formula is C10H10Br2INO. The molecule has 0 fully saturated rings. The lowest BCUT2D eigenvalue weighted by Crippen LogP contribution is -2.25. The summed E-state index contributed by atoms with van der Waals surface area (Å²) in [6.07, 6.45) is 0.998. The maximum absolute atomic E-state index is 11.7. The van der Waals surface area contributed by atoms with E-state index in [1.807, 2.05) is 18.2 Å². The molecule has 0 aromatic heterocycles. The Labute approximate surface area is 120 Å². The Morgan fingerprint density at radius 3 is 2.80 bits per heavy atom. The zero-order chi connectivity index (χ0) is 11.3.